The maximum Gasteiger partial charge on any atom is 0.188 e. The third-order valence-corrected chi connectivity index (χ3v) is 3.41. The van der Waals surface area contributed by atoms with E-state index in [9.17, 15) is 0 Å². The van der Waals surface area contributed by atoms with Gasteiger partial charge in [0.1, 0.15) is 0 Å². The van der Waals surface area contributed by atoms with Gasteiger partial charge >= 0.3 is 0 Å². The molecule has 0 radical (unpaired) electrons. The number of nitrogens with zero attached hydrogens (tertiary/aromatic N) is 1. The zero-order valence-electron chi connectivity index (χ0n) is 11.7. The summed E-state index contributed by atoms with van der Waals surface area (Å²) in [5.74, 6) is 0.530. The van der Waals surface area contributed by atoms with Crippen molar-refractivity contribution in [2.75, 3.05) is 13.1 Å². The van der Waals surface area contributed by atoms with E-state index in [1.807, 2.05) is 6.92 Å². The fraction of sp³-hybridized carbons (Fsp3) is 0.769. The lowest BCUT2D eigenvalue weighted by atomic mass is 9.80. The molecule has 0 spiro atoms. The lowest BCUT2D eigenvalue weighted by Gasteiger charge is -2.28. The Morgan fingerprint density at radius 2 is 1.71 bits per heavy atom. The lowest BCUT2D eigenvalue weighted by Crippen LogP contribution is -2.34. The van der Waals surface area contributed by atoms with Crippen LogP contribution in [-0.2, 0) is 0 Å². The largest absolute Gasteiger partial charge is 0.370 e. The SMILES string of the molecule is C=C(C)CNC(N)=NCC(CC)(CC)CC.I. The smallest absolute Gasteiger partial charge is 0.188 e. The van der Waals surface area contributed by atoms with E-state index in [1.165, 1.54) is 0 Å². The van der Waals surface area contributed by atoms with Crippen LogP contribution in [0.1, 0.15) is 47.0 Å². The van der Waals surface area contributed by atoms with Gasteiger partial charge < -0.3 is 11.1 Å². The molecule has 0 aliphatic carbocycles. The Hall–Kier alpha value is -0.260. The van der Waals surface area contributed by atoms with Gasteiger partial charge in [0.2, 0.25) is 0 Å². The molecule has 0 aromatic carbocycles. The molecule has 0 aromatic heterocycles. The molecule has 0 aliphatic heterocycles. The maximum atomic E-state index is 5.79. The highest BCUT2D eigenvalue weighted by atomic mass is 127. The van der Waals surface area contributed by atoms with E-state index in [2.05, 4.69) is 37.7 Å². The summed E-state index contributed by atoms with van der Waals surface area (Å²) < 4.78 is 0. The number of halogens is 1. The van der Waals surface area contributed by atoms with Crippen LogP contribution in [0, 0.1) is 5.41 Å². The second kappa shape index (κ2) is 9.74. The Kier molecular flexibility index (Phi) is 10.9. The van der Waals surface area contributed by atoms with Gasteiger partial charge in [-0.05, 0) is 31.6 Å². The molecule has 0 saturated carbocycles. The van der Waals surface area contributed by atoms with Crippen molar-refractivity contribution in [3.8, 4) is 0 Å². The van der Waals surface area contributed by atoms with E-state index in [0.717, 1.165) is 31.4 Å². The van der Waals surface area contributed by atoms with Gasteiger partial charge in [-0.3, -0.25) is 4.99 Å². The standard InChI is InChI=1S/C13H27N3.HI/c1-6-13(7-2,8-3)10-16-12(14)15-9-11(4)5;/h4,6-10H2,1-3,5H3,(H3,14,15,16);1H. The monoisotopic (exact) mass is 353 g/mol. The van der Waals surface area contributed by atoms with Crippen molar-refractivity contribution < 1.29 is 0 Å². The Labute approximate surface area is 123 Å². The fourth-order valence-electron chi connectivity index (χ4n) is 1.64. The highest BCUT2D eigenvalue weighted by Crippen LogP contribution is 2.30. The third-order valence-electron chi connectivity index (χ3n) is 3.41. The predicted molar refractivity (Wildman–Crippen MR) is 88.0 cm³/mol. The Morgan fingerprint density at radius 3 is 2.06 bits per heavy atom. The van der Waals surface area contributed by atoms with Gasteiger partial charge in [0.05, 0.1) is 0 Å². The zero-order chi connectivity index (χ0) is 12.6. The molecule has 0 bridgehead atoms. The van der Waals surface area contributed by atoms with Crippen molar-refractivity contribution in [2.24, 2.45) is 16.1 Å². The van der Waals surface area contributed by atoms with Crippen molar-refractivity contribution in [1.82, 2.24) is 5.32 Å². The van der Waals surface area contributed by atoms with Crippen LogP contribution >= 0.6 is 24.0 Å². The van der Waals surface area contributed by atoms with Gasteiger partial charge in [-0.1, -0.05) is 32.9 Å². The molecule has 17 heavy (non-hydrogen) atoms. The summed E-state index contributed by atoms with van der Waals surface area (Å²) in [6, 6.07) is 0. The number of guanidine groups is 1. The molecule has 0 amide bonds. The van der Waals surface area contributed by atoms with Crippen molar-refractivity contribution in [3.05, 3.63) is 12.2 Å². The second-order valence-electron chi connectivity index (χ2n) is 4.57. The molecule has 0 aliphatic rings. The summed E-state index contributed by atoms with van der Waals surface area (Å²) in [4.78, 5) is 4.42. The van der Waals surface area contributed by atoms with Crippen LogP contribution in [0.2, 0.25) is 0 Å². The summed E-state index contributed by atoms with van der Waals surface area (Å²) >= 11 is 0. The maximum absolute atomic E-state index is 5.79. The van der Waals surface area contributed by atoms with Gasteiger partial charge in [0, 0.05) is 13.1 Å². The van der Waals surface area contributed by atoms with Gasteiger partial charge in [-0.25, -0.2) is 0 Å². The van der Waals surface area contributed by atoms with Crippen molar-refractivity contribution in [2.45, 2.75) is 47.0 Å². The molecule has 3 N–H and O–H groups in total. The lowest BCUT2D eigenvalue weighted by molar-refractivity contribution is 0.263. The van der Waals surface area contributed by atoms with E-state index in [0.29, 0.717) is 17.9 Å². The molecule has 0 heterocycles. The minimum Gasteiger partial charge on any atom is -0.370 e. The van der Waals surface area contributed by atoms with Crippen LogP contribution in [0.4, 0.5) is 0 Å². The van der Waals surface area contributed by atoms with Crippen molar-refractivity contribution in [1.29, 1.82) is 0 Å². The number of rotatable bonds is 7. The third kappa shape index (κ3) is 7.63. The van der Waals surface area contributed by atoms with Crippen LogP contribution in [-0.4, -0.2) is 19.0 Å². The van der Waals surface area contributed by atoms with Crippen molar-refractivity contribution in [3.63, 3.8) is 0 Å². The minimum atomic E-state index is 0. The summed E-state index contributed by atoms with van der Waals surface area (Å²) in [5, 5.41) is 3.06. The molecule has 102 valence electrons. The number of hydrogen-bond acceptors (Lipinski definition) is 1. The number of hydrogen-bond donors (Lipinski definition) is 2. The van der Waals surface area contributed by atoms with Crippen LogP contribution in [0.25, 0.3) is 0 Å². The zero-order valence-corrected chi connectivity index (χ0v) is 14.0. The topological polar surface area (TPSA) is 50.4 Å². The molecule has 4 heteroatoms. The first-order valence-electron chi connectivity index (χ1n) is 6.17. The fourth-order valence-corrected chi connectivity index (χ4v) is 1.64. The molecular formula is C13H28IN3. The Bertz CT molecular complexity index is 237. The van der Waals surface area contributed by atoms with Crippen LogP contribution < -0.4 is 11.1 Å². The highest BCUT2D eigenvalue weighted by molar-refractivity contribution is 14.0. The second-order valence-corrected chi connectivity index (χ2v) is 4.57. The van der Waals surface area contributed by atoms with Gasteiger partial charge in [0.15, 0.2) is 5.96 Å². The van der Waals surface area contributed by atoms with E-state index in [4.69, 9.17) is 5.73 Å². The van der Waals surface area contributed by atoms with Gasteiger partial charge in [-0.2, -0.15) is 0 Å². The quantitative estimate of drug-likeness (QED) is 0.319. The van der Waals surface area contributed by atoms with Crippen LogP contribution in [0.5, 0.6) is 0 Å². The van der Waals surface area contributed by atoms with Gasteiger partial charge in [0.25, 0.3) is 0 Å². The first-order chi connectivity index (χ1) is 7.49. The van der Waals surface area contributed by atoms with E-state index in [1.54, 1.807) is 0 Å². The number of nitrogens with two attached hydrogens (primary N) is 1. The summed E-state index contributed by atoms with van der Waals surface area (Å²) in [6.07, 6.45) is 3.45. The summed E-state index contributed by atoms with van der Waals surface area (Å²) in [6.45, 7) is 14.0. The van der Waals surface area contributed by atoms with Crippen molar-refractivity contribution >= 4 is 29.9 Å². The normalized spacial score (nSPS) is 11.9. The van der Waals surface area contributed by atoms with E-state index in [-0.39, 0.29) is 24.0 Å². The van der Waals surface area contributed by atoms with E-state index >= 15 is 0 Å². The minimum absolute atomic E-state index is 0. The molecule has 0 aromatic rings. The number of aliphatic imine (C=N–C) groups is 1. The molecule has 3 nitrogen and oxygen atoms in total. The molecule has 0 atom stereocenters. The molecule has 0 rings (SSSR count). The first-order valence-corrected chi connectivity index (χ1v) is 6.17. The van der Waals surface area contributed by atoms with Gasteiger partial charge in [-0.15, -0.1) is 24.0 Å². The average molecular weight is 353 g/mol. The summed E-state index contributed by atoms with van der Waals surface area (Å²) in [7, 11) is 0. The molecule has 0 fully saturated rings. The first kappa shape index (κ1) is 19.1. The number of nitrogens with one attached hydrogen (secondary N) is 1. The summed E-state index contributed by atoms with van der Waals surface area (Å²) in [5.41, 5.74) is 7.17. The van der Waals surface area contributed by atoms with Crippen LogP contribution in [0.3, 0.4) is 0 Å². The average Bonchev–Trinajstić information content (AvgIpc) is 2.29. The Morgan fingerprint density at radius 1 is 1.24 bits per heavy atom. The molecular weight excluding hydrogens is 325 g/mol. The van der Waals surface area contributed by atoms with E-state index < -0.39 is 0 Å². The Balaban J connectivity index is 0. The predicted octanol–water partition coefficient (Wildman–Crippen LogP) is 3.30. The molecule has 0 saturated heterocycles. The molecule has 0 unspecified atom stereocenters. The highest BCUT2D eigenvalue weighted by Gasteiger charge is 2.23. The van der Waals surface area contributed by atoms with Crippen LogP contribution in [0.15, 0.2) is 17.1 Å².